The van der Waals surface area contributed by atoms with E-state index in [-0.39, 0.29) is 0 Å². The molecule has 2 aromatic rings. The summed E-state index contributed by atoms with van der Waals surface area (Å²) in [4.78, 5) is 4.94. The van der Waals surface area contributed by atoms with E-state index in [0.717, 1.165) is 30.4 Å². The standard InChI is InChI=1S/C12H15BrN4/c1-2-9(13)7-8-14-12-15-10-5-3-4-6-11(10)16-17-12/h3-6,9H,2,7-8H2,1H3,(H,14,15,17). The van der Waals surface area contributed by atoms with Crippen LogP contribution < -0.4 is 5.32 Å². The molecule has 0 saturated heterocycles. The molecule has 0 radical (unpaired) electrons. The lowest BCUT2D eigenvalue weighted by Gasteiger charge is -2.07. The van der Waals surface area contributed by atoms with Crippen molar-refractivity contribution in [2.75, 3.05) is 11.9 Å². The maximum absolute atomic E-state index is 4.40. The fourth-order valence-corrected chi connectivity index (χ4v) is 1.73. The van der Waals surface area contributed by atoms with Crippen molar-refractivity contribution >= 4 is 32.9 Å². The maximum atomic E-state index is 4.40. The summed E-state index contributed by atoms with van der Waals surface area (Å²) in [5.41, 5.74) is 1.70. The van der Waals surface area contributed by atoms with E-state index in [1.54, 1.807) is 0 Å². The van der Waals surface area contributed by atoms with Crippen molar-refractivity contribution in [3.63, 3.8) is 0 Å². The van der Waals surface area contributed by atoms with E-state index in [1.807, 2.05) is 24.3 Å². The summed E-state index contributed by atoms with van der Waals surface area (Å²) in [6, 6.07) is 7.73. The highest BCUT2D eigenvalue weighted by molar-refractivity contribution is 9.09. The normalized spacial score (nSPS) is 12.6. The highest BCUT2D eigenvalue weighted by atomic mass is 79.9. The Kier molecular flexibility index (Phi) is 4.25. The van der Waals surface area contributed by atoms with Gasteiger partial charge in [-0.1, -0.05) is 35.0 Å². The van der Waals surface area contributed by atoms with E-state index in [9.17, 15) is 0 Å². The average molecular weight is 295 g/mol. The number of para-hydroxylation sites is 1. The van der Waals surface area contributed by atoms with Gasteiger partial charge in [-0.15, -0.1) is 10.2 Å². The number of nitrogens with one attached hydrogen (secondary N) is 1. The number of fused-ring (bicyclic) bond motifs is 1. The molecule has 90 valence electrons. The van der Waals surface area contributed by atoms with Gasteiger partial charge in [0.1, 0.15) is 5.52 Å². The van der Waals surface area contributed by atoms with Gasteiger partial charge in [0.05, 0.1) is 5.52 Å². The molecule has 1 aromatic heterocycles. The summed E-state index contributed by atoms with van der Waals surface area (Å²) < 4.78 is 0. The second-order valence-electron chi connectivity index (χ2n) is 3.85. The first-order valence-electron chi connectivity index (χ1n) is 5.77. The highest BCUT2D eigenvalue weighted by Crippen LogP contribution is 2.11. The molecule has 1 atom stereocenters. The zero-order chi connectivity index (χ0) is 12.1. The van der Waals surface area contributed by atoms with Crippen LogP contribution in [0.1, 0.15) is 19.8 Å². The van der Waals surface area contributed by atoms with Crippen molar-refractivity contribution in [1.29, 1.82) is 0 Å². The average Bonchev–Trinajstić information content (AvgIpc) is 2.38. The van der Waals surface area contributed by atoms with Crippen LogP contribution >= 0.6 is 15.9 Å². The van der Waals surface area contributed by atoms with Gasteiger partial charge in [0.15, 0.2) is 0 Å². The number of alkyl halides is 1. The van der Waals surface area contributed by atoms with Crippen molar-refractivity contribution in [3.05, 3.63) is 24.3 Å². The van der Waals surface area contributed by atoms with E-state index in [1.165, 1.54) is 0 Å². The topological polar surface area (TPSA) is 50.7 Å². The van der Waals surface area contributed by atoms with Crippen molar-refractivity contribution in [2.45, 2.75) is 24.6 Å². The molecular formula is C12H15BrN4. The number of halogens is 1. The quantitative estimate of drug-likeness (QED) is 0.862. The van der Waals surface area contributed by atoms with E-state index in [0.29, 0.717) is 10.8 Å². The van der Waals surface area contributed by atoms with Gasteiger partial charge in [0.2, 0.25) is 5.95 Å². The predicted molar refractivity (Wildman–Crippen MR) is 73.4 cm³/mol. The molecular weight excluding hydrogens is 280 g/mol. The van der Waals surface area contributed by atoms with E-state index < -0.39 is 0 Å². The van der Waals surface area contributed by atoms with Gasteiger partial charge >= 0.3 is 0 Å². The molecule has 17 heavy (non-hydrogen) atoms. The van der Waals surface area contributed by atoms with Crippen molar-refractivity contribution in [3.8, 4) is 0 Å². The van der Waals surface area contributed by atoms with Crippen molar-refractivity contribution in [1.82, 2.24) is 15.2 Å². The Bertz CT molecular complexity index is 489. The number of anilines is 1. The molecule has 0 spiro atoms. The lowest BCUT2D eigenvalue weighted by Crippen LogP contribution is -2.10. The molecule has 0 bridgehead atoms. The molecule has 0 aliphatic rings. The zero-order valence-electron chi connectivity index (χ0n) is 9.73. The smallest absolute Gasteiger partial charge is 0.243 e. The second kappa shape index (κ2) is 5.91. The minimum absolute atomic E-state index is 0.545. The van der Waals surface area contributed by atoms with Crippen LogP contribution in [0.2, 0.25) is 0 Å². The van der Waals surface area contributed by atoms with Crippen molar-refractivity contribution in [2.24, 2.45) is 0 Å². The Hall–Kier alpha value is -1.23. The largest absolute Gasteiger partial charge is 0.353 e. The van der Waals surface area contributed by atoms with Crippen LogP contribution in [0.15, 0.2) is 24.3 Å². The first-order valence-corrected chi connectivity index (χ1v) is 6.68. The van der Waals surface area contributed by atoms with E-state index in [4.69, 9.17) is 0 Å². The molecule has 4 nitrogen and oxygen atoms in total. The molecule has 1 heterocycles. The van der Waals surface area contributed by atoms with Gasteiger partial charge in [-0.2, -0.15) is 0 Å². The number of hydrogen-bond acceptors (Lipinski definition) is 4. The van der Waals surface area contributed by atoms with Crippen LogP contribution in [0.25, 0.3) is 11.0 Å². The summed E-state index contributed by atoms with van der Waals surface area (Å²) in [7, 11) is 0. The SMILES string of the molecule is CCC(Br)CCNc1nnc2ccccc2n1. The molecule has 0 aliphatic carbocycles. The van der Waals surface area contributed by atoms with Gasteiger partial charge in [0, 0.05) is 11.4 Å². The molecule has 1 N–H and O–H groups in total. The predicted octanol–water partition coefficient (Wildman–Crippen LogP) is 3.00. The monoisotopic (exact) mass is 294 g/mol. The molecule has 0 aliphatic heterocycles. The molecule has 1 unspecified atom stereocenters. The fourth-order valence-electron chi connectivity index (χ4n) is 1.50. The Morgan fingerprint density at radius 1 is 1.24 bits per heavy atom. The minimum atomic E-state index is 0.545. The number of rotatable bonds is 5. The molecule has 5 heteroatoms. The fraction of sp³-hybridized carbons (Fsp3) is 0.417. The molecule has 0 fully saturated rings. The summed E-state index contributed by atoms with van der Waals surface area (Å²) in [5, 5.41) is 11.3. The van der Waals surface area contributed by atoms with Crippen molar-refractivity contribution < 1.29 is 0 Å². The third-order valence-electron chi connectivity index (χ3n) is 2.54. The molecule has 0 amide bonds. The number of nitrogens with zero attached hydrogens (tertiary/aromatic N) is 3. The minimum Gasteiger partial charge on any atom is -0.353 e. The van der Waals surface area contributed by atoms with Crippen LogP contribution in [-0.2, 0) is 0 Å². The van der Waals surface area contributed by atoms with Gasteiger partial charge < -0.3 is 5.32 Å². The first kappa shape index (κ1) is 12.2. The summed E-state index contributed by atoms with van der Waals surface area (Å²) in [6.07, 6.45) is 2.17. The third-order valence-corrected chi connectivity index (χ3v) is 3.65. The molecule has 1 aromatic carbocycles. The van der Waals surface area contributed by atoms with Crippen LogP contribution in [-0.4, -0.2) is 26.6 Å². The van der Waals surface area contributed by atoms with Gasteiger partial charge in [0.25, 0.3) is 0 Å². The van der Waals surface area contributed by atoms with Crippen LogP contribution in [0, 0.1) is 0 Å². The first-order chi connectivity index (χ1) is 8.29. The highest BCUT2D eigenvalue weighted by Gasteiger charge is 2.02. The Morgan fingerprint density at radius 3 is 2.76 bits per heavy atom. The van der Waals surface area contributed by atoms with E-state index >= 15 is 0 Å². The van der Waals surface area contributed by atoms with E-state index in [2.05, 4.69) is 43.4 Å². The lowest BCUT2D eigenvalue weighted by molar-refractivity contribution is 0.769. The van der Waals surface area contributed by atoms with Gasteiger partial charge in [-0.25, -0.2) is 4.98 Å². The Labute approximate surface area is 109 Å². The maximum Gasteiger partial charge on any atom is 0.243 e. The van der Waals surface area contributed by atoms with Crippen LogP contribution in [0.3, 0.4) is 0 Å². The molecule has 2 rings (SSSR count). The number of aromatic nitrogens is 3. The van der Waals surface area contributed by atoms with Gasteiger partial charge in [-0.05, 0) is 25.0 Å². The third kappa shape index (κ3) is 3.36. The summed E-state index contributed by atoms with van der Waals surface area (Å²) in [6.45, 7) is 3.01. The lowest BCUT2D eigenvalue weighted by atomic mass is 10.2. The Morgan fingerprint density at radius 2 is 2.00 bits per heavy atom. The second-order valence-corrected chi connectivity index (χ2v) is 5.14. The zero-order valence-corrected chi connectivity index (χ0v) is 11.3. The Balaban J connectivity index is 1.99. The molecule has 0 saturated carbocycles. The van der Waals surface area contributed by atoms with Crippen LogP contribution in [0.4, 0.5) is 5.95 Å². The van der Waals surface area contributed by atoms with Crippen LogP contribution in [0.5, 0.6) is 0 Å². The van der Waals surface area contributed by atoms with Gasteiger partial charge in [-0.3, -0.25) is 0 Å². The summed E-state index contributed by atoms with van der Waals surface area (Å²) >= 11 is 3.59. The number of hydrogen-bond donors (Lipinski definition) is 1. The summed E-state index contributed by atoms with van der Waals surface area (Å²) in [5.74, 6) is 0.597. The number of benzene rings is 1.